The van der Waals surface area contributed by atoms with E-state index in [1.54, 1.807) is 46.8 Å². The SMILES string of the molecule is CCC=CC(C)C(C(=O)[O-])C(C)C(=O)[O-].CCC=CC(C)C(C(=O)[O-])C(C)C(=O)[O-].CCC=CC(C)CC(C)(C)C(=O)[O-].CCC=CC(C)CC(C)C(=O)[O-].[Zn+2].[Zn+2].[Zn+2]. The van der Waals surface area contributed by atoms with Crippen LogP contribution in [0.1, 0.15) is 129 Å². The number of carboxylic acids is 6. The maximum absolute atomic E-state index is 10.8. The molecule has 0 aromatic rings. The third-order valence-corrected chi connectivity index (χ3v) is 8.76. The molecule has 12 nitrogen and oxygen atoms in total. The van der Waals surface area contributed by atoms with Crippen molar-refractivity contribution < 1.29 is 118 Å². The Bertz CT molecular complexity index is 1210. The maximum Gasteiger partial charge on any atom is 2.00 e. The van der Waals surface area contributed by atoms with E-state index in [2.05, 4.69) is 38.2 Å². The molecule has 0 fully saturated rings. The average Bonchev–Trinajstić information content (AvgIpc) is 3.08. The number of allylic oxidation sites excluding steroid dienone is 8. The average molecular weight is 973 g/mol. The van der Waals surface area contributed by atoms with E-state index in [0.29, 0.717) is 24.7 Å². The van der Waals surface area contributed by atoms with Gasteiger partial charge in [-0.2, -0.15) is 0 Å². The standard InChI is InChI=1S/2C11H18O4.C11H20O2.C10H18O2.3Zn/c2*1-4-5-6-7(2)9(11(14)15)8(3)10(12)13;1-5-6-7-9(2)8-11(3,4)10(12)13;1-4-5-6-8(2)7-9(3)10(11)12;;;/h2*5-9H,4H2,1-3H3,(H,12,13)(H,14,15);6-7,9H,5,8H2,1-4H3,(H,12,13);5-6,8-9H,4,7H2,1-3H3,(H,11,12);;;/q;;;;3*+2/p-6. The van der Waals surface area contributed by atoms with Crippen molar-refractivity contribution in [1.29, 1.82) is 0 Å². The molecule has 0 aliphatic heterocycles. The molecule has 0 rings (SSSR count). The van der Waals surface area contributed by atoms with Gasteiger partial charge in [-0.25, -0.2) is 0 Å². The molecule has 0 bridgehead atoms. The van der Waals surface area contributed by atoms with Crippen LogP contribution in [0, 0.1) is 58.7 Å². The van der Waals surface area contributed by atoms with E-state index in [4.69, 9.17) is 0 Å². The van der Waals surface area contributed by atoms with E-state index in [-0.39, 0.29) is 76.2 Å². The normalized spacial score (nSPS) is 15.6. The van der Waals surface area contributed by atoms with Gasteiger partial charge < -0.3 is 59.4 Å². The molecule has 0 aromatic heterocycles. The first kappa shape index (κ1) is 70.2. The van der Waals surface area contributed by atoms with Crippen molar-refractivity contribution in [3.05, 3.63) is 48.6 Å². The van der Waals surface area contributed by atoms with E-state index in [1.165, 1.54) is 13.8 Å². The van der Waals surface area contributed by atoms with Crippen LogP contribution in [-0.4, -0.2) is 35.8 Å². The van der Waals surface area contributed by atoms with Crippen LogP contribution in [0.25, 0.3) is 0 Å². The zero-order valence-corrected chi connectivity index (χ0v) is 46.5. The second-order valence-electron chi connectivity index (χ2n) is 14.8. The van der Waals surface area contributed by atoms with Gasteiger partial charge in [0.2, 0.25) is 0 Å². The summed E-state index contributed by atoms with van der Waals surface area (Å²) in [6.45, 7) is 23.1. The van der Waals surface area contributed by atoms with Crippen molar-refractivity contribution in [3.8, 4) is 0 Å². The molecule has 0 radical (unpaired) electrons. The predicted octanol–water partition coefficient (Wildman–Crippen LogP) is 1.79. The van der Waals surface area contributed by atoms with Gasteiger partial charge in [-0.05, 0) is 68.1 Å². The summed E-state index contributed by atoms with van der Waals surface area (Å²) in [7, 11) is 0. The molecule has 0 amide bonds. The summed E-state index contributed by atoms with van der Waals surface area (Å²) in [5.41, 5.74) is -0.725. The van der Waals surface area contributed by atoms with Crippen LogP contribution in [0.2, 0.25) is 0 Å². The van der Waals surface area contributed by atoms with E-state index in [0.717, 1.165) is 25.7 Å². The van der Waals surface area contributed by atoms with Crippen LogP contribution in [0.4, 0.5) is 0 Å². The first-order valence-corrected chi connectivity index (χ1v) is 19.2. The second kappa shape index (κ2) is 40.1. The minimum atomic E-state index is -1.36. The molecule has 0 N–H and O–H groups in total. The fourth-order valence-corrected chi connectivity index (χ4v) is 5.41. The van der Waals surface area contributed by atoms with Gasteiger partial charge in [-0.1, -0.05) is 139 Å². The summed E-state index contributed by atoms with van der Waals surface area (Å²) in [4.78, 5) is 63.9. The number of aliphatic carboxylic acids is 6. The van der Waals surface area contributed by atoms with E-state index >= 15 is 0 Å². The molecule has 9 unspecified atom stereocenters. The Morgan fingerprint density at radius 3 is 1.00 bits per heavy atom. The van der Waals surface area contributed by atoms with Gasteiger partial charge in [0.25, 0.3) is 0 Å². The van der Waals surface area contributed by atoms with Gasteiger partial charge >= 0.3 is 58.4 Å². The van der Waals surface area contributed by atoms with E-state index < -0.39 is 64.9 Å². The molecule has 318 valence electrons. The zero-order valence-electron chi connectivity index (χ0n) is 37.6. The first-order valence-electron chi connectivity index (χ1n) is 19.2. The van der Waals surface area contributed by atoms with Gasteiger partial charge in [0.1, 0.15) is 0 Å². The molecule has 0 spiro atoms. The molecule has 0 heterocycles. The summed E-state index contributed by atoms with van der Waals surface area (Å²) in [6.07, 6.45) is 20.1. The number of hydrogen-bond donors (Lipinski definition) is 0. The van der Waals surface area contributed by atoms with E-state index in [1.807, 2.05) is 39.8 Å². The van der Waals surface area contributed by atoms with Crippen LogP contribution in [0.3, 0.4) is 0 Å². The van der Waals surface area contributed by atoms with Gasteiger partial charge in [0.15, 0.2) is 0 Å². The minimum Gasteiger partial charge on any atom is -0.550 e. The summed E-state index contributed by atoms with van der Waals surface area (Å²) < 4.78 is 0. The molecule has 0 saturated carbocycles. The smallest absolute Gasteiger partial charge is 0.550 e. The van der Waals surface area contributed by atoms with Gasteiger partial charge in [-0.15, -0.1) is 0 Å². The van der Waals surface area contributed by atoms with Crippen molar-refractivity contribution in [1.82, 2.24) is 0 Å². The predicted molar refractivity (Wildman–Crippen MR) is 202 cm³/mol. The largest absolute Gasteiger partial charge is 2.00 e. The van der Waals surface area contributed by atoms with E-state index in [9.17, 15) is 59.4 Å². The van der Waals surface area contributed by atoms with Gasteiger partial charge in [0.05, 0.1) is 0 Å². The number of carboxylic acid groups (broad SMARTS) is 6. The number of carbonyl (C=O) groups is 6. The molecular formula is C43H68O12Zn3. The Balaban J connectivity index is -0.000000118. The number of carbonyl (C=O) groups excluding carboxylic acids is 6. The Morgan fingerprint density at radius 1 is 0.466 bits per heavy atom. The molecular weight excluding hydrogens is 905 g/mol. The maximum atomic E-state index is 10.8. The third-order valence-electron chi connectivity index (χ3n) is 8.76. The van der Waals surface area contributed by atoms with Crippen molar-refractivity contribution >= 4 is 35.8 Å². The van der Waals surface area contributed by atoms with Gasteiger partial charge in [0, 0.05) is 64.9 Å². The summed E-state index contributed by atoms with van der Waals surface area (Å²) in [5.74, 6) is -12.0. The molecule has 58 heavy (non-hydrogen) atoms. The minimum absolute atomic E-state index is 0. The van der Waals surface area contributed by atoms with Crippen molar-refractivity contribution in [2.75, 3.05) is 0 Å². The quantitative estimate of drug-likeness (QED) is 0.112. The molecule has 15 heteroatoms. The van der Waals surface area contributed by atoms with Crippen LogP contribution >= 0.6 is 0 Å². The Morgan fingerprint density at radius 2 is 0.759 bits per heavy atom. The number of rotatable bonds is 22. The topological polar surface area (TPSA) is 241 Å². The van der Waals surface area contributed by atoms with Crippen LogP contribution < -0.4 is 30.6 Å². The monoisotopic (exact) mass is 968 g/mol. The summed E-state index contributed by atoms with van der Waals surface area (Å²) in [6, 6.07) is 0. The first-order chi connectivity index (χ1) is 25.3. The molecule has 9 atom stereocenters. The Hall–Kier alpha value is -2.35. The summed E-state index contributed by atoms with van der Waals surface area (Å²) in [5, 5.41) is 63.9. The second-order valence-corrected chi connectivity index (χ2v) is 14.8. The number of hydrogen-bond acceptors (Lipinski definition) is 12. The molecule has 0 aliphatic carbocycles. The fourth-order valence-electron chi connectivity index (χ4n) is 5.41. The molecule has 0 aliphatic rings. The Kier molecular flexibility index (Phi) is 48.5. The van der Waals surface area contributed by atoms with Crippen LogP contribution in [0.15, 0.2) is 48.6 Å². The zero-order chi connectivity index (χ0) is 44.1. The molecule has 0 aromatic carbocycles. The van der Waals surface area contributed by atoms with Crippen molar-refractivity contribution in [3.63, 3.8) is 0 Å². The summed E-state index contributed by atoms with van der Waals surface area (Å²) >= 11 is 0. The van der Waals surface area contributed by atoms with Crippen molar-refractivity contribution in [2.24, 2.45) is 58.7 Å². The Labute approximate surface area is 387 Å². The molecule has 0 saturated heterocycles. The van der Waals surface area contributed by atoms with Crippen LogP contribution in [0.5, 0.6) is 0 Å². The third kappa shape index (κ3) is 35.6. The van der Waals surface area contributed by atoms with Crippen molar-refractivity contribution in [2.45, 2.75) is 129 Å². The van der Waals surface area contributed by atoms with Crippen LogP contribution in [-0.2, 0) is 87.2 Å². The fraction of sp³-hybridized carbons (Fsp3) is 0.674. The van der Waals surface area contributed by atoms with Gasteiger partial charge in [-0.3, -0.25) is 0 Å².